The minimum atomic E-state index is -1.18. The number of aromatic nitrogens is 1. The number of carboxylic acids is 2. The number of nitrogens with zero attached hydrogens (tertiary/aromatic N) is 2. The first kappa shape index (κ1) is 17.2. The van der Waals surface area contributed by atoms with Crippen LogP contribution in [-0.4, -0.2) is 32.9 Å². The van der Waals surface area contributed by atoms with Crippen molar-refractivity contribution in [3.05, 3.63) is 70.7 Å². The van der Waals surface area contributed by atoms with Crippen LogP contribution in [0.4, 0.5) is 5.88 Å². The second kappa shape index (κ2) is 6.72. The Balaban J connectivity index is 2.10. The van der Waals surface area contributed by atoms with Crippen LogP contribution in [0.1, 0.15) is 37.7 Å². The van der Waals surface area contributed by atoms with Crippen LogP contribution < -0.4 is 0 Å². The van der Waals surface area contributed by atoms with E-state index >= 15 is 0 Å². The van der Waals surface area contributed by atoms with Crippen molar-refractivity contribution in [1.29, 1.82) is 0 Å². The van der Waals surface area contributed by atoms with Gasteiger partial charge in [0.05, 0.1) is 17.4 Å². The number of aromatic carboxylic acids is 2. The van der Waals surface area contributed by atoms with E-state index in [-0.39, 0.29) is 11.1 Å². The number of carboxylic acid groups (broad SMARTS) is 2. The molecule has 0 saturated carbocycles. The van der Waals surface area contributed by atoms with E-state index in [2.05, 4.69) is 4.99 Å². The summed E-state index contributed by atoms with van der Waals surface area (Å²) in [5, 5.41) is 18.5. The van der Waals surface area contributed by atoms with Gasteiger partial charge in [0.25, 0.3) is 0 Å². The molecule has 2 heterocycles. The van der Waals surface area contributed by atoms with Crippen LogP contribution >= 0.6 is 0 Å². The average Bonchev–Trinajstić information content (AvgIpc) is 3.20. The zero-order chi connectivity index (χ0) is 18.8. The molecule has 0 aliphatic heterocycles. The molecule has 1 aromatic carbocycles. The summed E-state index contributed by atoms with van der Waals surface area (Å²) >= 11 is 0. The lowest BCUT2D eigenvalue weighted by Gasteiger charge is -2.12. The fourth-order valence-electron chi connectivity index (χ4n) is 2.78. The zero-order valence-corrected chi connectivity index (χ0v) is 14.1. The van der Waals surface area contributed by atoms with Gasteiger partial charge in [-0.1, -0.05) is 0 Å². The summed E-state index contributed by atoms with van der Waals surface area (Å²) in [4.78, 5) is 26.9. The molecule has 0 aliphatic carbocycles. The molecule has 0 fully saturated rings. The Labute approximate surface area is 148 Å². The Hall–Kier alpha value is -3.61. The number of rotatable bonds is 5. The number of aryl methyl sites for hydroxylation is 1. The lowest BCUT2D eigenvalue weighted by Crippen LogP contribution is -2.07. The van der Waals surface area contributed by atoms with Crippen LogP contribution in [0, 0.1) is 13.8 Å². The van der Waals surface area contributed by atoms with Gasteiger partial charge in [-0.2, -0.15) is 0 Å². The lowest BCUT2D eigenvalue weighted by atomic mass is 10.1. The number of aliphatic imine (C=N–C) groups is 1. The van der Waals surface area contributed by atoms with Crippen molar-refractivity contribution in [3.8, 4) is 5.69 Å². The predicted octanol–water partition coefficient (Wildman–Crippen LogP) is 3.83. The Morgan fingerprint density at radius 3 is 2.27 bits per heavy atom. The Bertz CT molecular complexity index is 981. The molecular weight excluding hydrogens is 336 g/mol. The molecule has 0 spiro atoms. The second-order valence-electron chi connectivity index (χ2n) is 5.75. The highest BCUT2D eigenvalue weighted by Crippen LogP contribution is 2.23. The molecule has 0 radical (unpaired) electrons. The normalized spacial score (nSPS) is 11.2. The maximum Gasteiger partial charge on any atom is 0.335 e. The van der Waals surface area contributed by atoms with Crippen molar-refractivity contribution in [2.24, 2.45) is 4.99 Å². The average molecular weight is 352 g/mol. The van der Waals surface area contributed by atoms with Crippen molar-refractivity contribution >= 4 is 24.0 Å². The molecule has 0 atom stereocenters. The molecule has 2 N–H and O–H groups in total. The van der Waals surface area contributed by atoms with Gasteiger partial charge in [-0.3, -0.25) is 0 Å². The summed E-state index contributed by atoms with van der Waals surface area (Å²) in [6.07, 6.45) is 3.18. The van der Waals surface area contributed by atoms with E-state index in [1.165, 1.54) is 18.4 Å². The number of hydrogen-bond acceptors (Lipinski definition) is 4. The highest BCUT2D eigenvalue weighted by molar-refractivity contribution is 5.95. The SMILES string of the molecule is Cc1cc(C=Nc2ccco2)c(C)n1-c1cc(C(=O)O)cc(C(=O)O)c1. The van der Waals surface area contributed by atoms with Gasteiger partial charge in [0.15, 0.2) is 0 Å². The summed E-state index contributed by atoms with van der Waals surface area (Å²) < 4.78 is 6.96. The third-order valence-electron chi connectivity index (χ3n) is 3.98. The molecule has 0 bridgehead atoms. The first-order valence-electron chi connectivity index (χ1n) is 7.75. The largest absolute Gasteiger partial charge is 0.478 e. The topological polar surface area (TPSA) is 105 Å². The molecule has 0 unspecified atom stereocenters. The number of furan rings is 1. The van der Waals surface area contributed by atoms with Crippen molar-refractivity contribution < 1.29 is 24.2 Å². The Morgan fingerprint density at radius 1 is 1.08 bits per heavy atom. The summed E-state index contributed by atoms with van der Waals surface area (Å²) in [6, 6.07) is 9.38. The van der Waals surface area contributed by atoms with Crippen LogP contribution in [-0.2, 0) is 0 Å². The van der Waals surface area contributed by atoms with E-state index in [1.807, 2.05) is 19.9 Å². The van der Waals surface area contributed by atoms with Crippen LogP contribution in [0.25, 0.3) is 5.69 Å². The number of hydrogen-bond donors (Lipinski definition) is 2. The van der Waals surface area contributed by atoms with E-state index in [0.717, 1.165) is 23.0 Å². The fraction of sp³-hybridized carbons (Fsp3) is 0.105. The van der Waals surface area contributed by atoms with Gasteiger partial charge < -0.3 is 19.2 Å². The minimum Gasteiger partial charge on any atom is -0.478 e. The summed E-state index contributed by atoms with van der Waals surface area (Å²) in [6.45, 7) is 3.70. The van der Waals surface area contributed by atoms with E-state index in [9.17, 15) is 19.8 Å². The van der Waals surface area contributed by atoms with Gasteiger partial charge >= 0.3 is 11.9 Å². The highest BCUT2D eigenvalue weighted by atomic mass is 16.4. The second-order valence-corrected chi connectivity index (χ2v) is 5.75. The molecule has 132 valence electrons. The van der Waals surface area contributed by atoms with Crippen LogP contribution in [0.2, 0.25) is 0 Å². The lowest BCUT2D eigenvalue weighted by molar-refractivity contribution is 0.0696. The number of benzene rings is 1. The Morgan fingerprint density at radius 2 is 1.73 bits per heavy atom. The van der Waals surface area contributed by atoms with Gasteiger partial charge in [-0.25, -0.2) is 14.6 Å². The van der Waals surface area contributed by atoms with E-state index in [4.69, 9.17) is 4.42 Å². The Kier molecular flexibility index (Phi) is 4.45. The van der Waals surface area contributed by atoms with Crippen LogP contribution in [0.5, 0.6) is 0 Å². The van der Waals surface area contributed by atoms with Crippen molar-refractivity contribution in [1.82, 2.24) is 4.57 Å². The standard InChI is InChI=1S/C19H16N2O5/c1-11-6-15(10-20-17-4-3-5-26-17)12(2)21(11)16-8-13(18(22)23)7-14(9-16)19(24)25/h3-10H,1-2H3,(H,22,23)(H,24,25). The summed E-state index contributed by atoms with van der Waals surface area (Å²) in [5.74, 6) is -1.90. The van der Waals surface area contributed by atoms with Gasteiger partial charge in [0.2, 0.25) is 5.88 Å². The first-order valence-corrected chi connectivity index (χ1v) is 7.75. The smallest absolute Gasteiger partial charge is 0.335 e. The highest BCUT2D eigenvalue weighted by Gasteiger charge is 2.15. The summed E-state index contributed by atoms with van der Waals surface area (Å²) in [7, 11) is 0. The molecule has 0 aliphatic rings. The molecule has 7 nitrogen and oxygen atoms in total. The van der Waals surface area contributed by atoms with Crippen LogP contribution in [0.3, 0.4) is 0 Å². The predicted molar refractivity (Wildman–Crippen MR) is 95.1 cm³/mol. The minimum absolute atomic E-state index is 0.0850. The van der Waals surface area contributed by atoms with E-state index < -0.39 is 11.9 Å². The molecule has 3 aromatic rings. The van der Waals surface area contributed by atoms with Gasteiger partial charge in [-0.15, -0.1) is 0 Å². The monoisotopic (exact) mass is 352 g/mol. The molecule has 0 amide bonds. The van der Waals surface area contributed by atoms with Crippen molar-refractivity contribution in [2.45, 2.75) is 13.8 Å². The van der Waals surface area contributed by atoms with Crippen molar-refractivity contribution in [3.63, 3.8) is 0 Å². The number of carbonyl (C=O) groups is 2. The molecule has 0 saturated heterocycles. The van der Waals surface area contributed by atoms with Crippen LogP contribution in [0.15, 0.2) is 52.1 Å². The maximum atomic E-state index is 11.3. The van der Waals surface area contributed by atoms with E-state index in [0.29, 0.717) is 11.6 Å². The molecular formula is C19H16N2O5. The molecule has 3 rings (SSSR count). The fourth-order valence-corrected chi connectivity index (χ4v) is 2.78. The third-order valence-corrected chi connectivity index (χ3v) is 3.98. The molecule has 2 aromatic heterocycles. The van der Waals surface area contributed by atoms with E-state index in [1.54, 1.807) is 22.9 Å². The zero-order valence-electron chi connectivity index (χ0n) is 14.1. The molecule has 7 heteroatoms. The van der Waals surface area contributed by atoms with Crippen molar-refractivity contribution in [2.75, 3.05) is 0 Å². The van der Waals surface area contributed by atoms with Gasteiger partial charge in [-0.05, 0) is 44.2 Å². The van der Waals surface area contributed by atoms with Gasteiger partial charge in [0.1, 0.15) is 0 Å². The quantitative estimate of drug-likeness (QED) is 0.679. The third kappa shape index (κ3) is 3.27. The van der Waals surface area contributed by atoms with Gasteiger partial charge in [0, 0.05) is 34.9 Å². The molecule has 26 heavy (non-hydrogen) atoms. The summed E-state index contributed by atoms with van der Waals surface area (Å²) in [5.41, 5.74) is 2.74. The maximum absolute atomic E-state index is 11.3. The first-order chi connectivity index (χ1) is 12.4.